The standard InChI is InChI=1S/C13H14F3NO3S/c1-13(2,21(19,20)7-3-4-7)12(18)17-9-6-5-8(14)10(15)11(9)16/h5-7H,3-4H2,1-2H3,(H,17,18). The number of halogens is 3. The molecule has 0 unspecified atom stereocenters. The highest BCUT2D eigenvalue weighted by molar-refractivity contribution is 7.94. The smallest absolute Gasteiger partial charge is 0.245 e. The molecule has 1 aromatic carbocycles. The monoisotopic (exact) mass is 321 g/mol. The molecule has 0 saturated heterocycles. The third-order valence-corrected chi connectivity index (χ3v) is 6.46. The predicted molar refractivity (Wildman–Crippen MR) is 71.0 cm³/mol. The van der Waals surface area contributed by atoms with E-state index in [2.05, 4.69) is 0 Å². The topological polar surface area (TPSA) is 63.2 Å². The van der Waals surface area contributed by atoms with Gasteiger partial charge < -0.3 is 5.32 Å². The largest absolute Gasteiger partial charge is 0.322 e. The van der Waals surface area contributed by atoms with Crippen LogP contribution in [0, 0.1) is 17.5 Å². The Kier molecular flexibility index (Phi) is 3.77. The number of nitrogens with one attached hydrogen (secondary N) is 1. The minimum atomic E-state index is -3.72. The maximum atomic E-state index is 13.5. The highest BCUT2D eigenvalue weighted by atomic mass is 32.2. The summed E-state index contributed by atoms with van der Waals surface area (Å²) in [6.45, 7) is 2.40. The predicted octanol–water partition coefficient (Wildman–Crippen LogP) is 2.40. The first kappa shape index (κ1) is 15.8. The summed E-state index contributed by atoms with van der Waals surface area (Å²) in [6.07, 6.45) is 0.969. The van der Waals surface area contributed by atoms with Crippen molar-refractivity contribution in [1.82, 2.24) is 0 Å². The molecule has 1 fully saturated rings. The van der Waals surface area contributed by atoms with Crippen LogP contribution in [0.15, 0.2) is 12.1 Å². The molecule has 1 aliphatic carbocycles. The molecule has 2 rings (SSSR count). The van der Waals surface area contributed by atoms with E-state index in [1.165, 1.54) is 13.8 Å². The van der Waals surface area contributed by atoms with Gasteiger partial charge in [0.15, 0.2) is 27.3 Å². The summed E-state index contributed by atoms with van der Waals surface area (Å²) in [6, 6.07) is 1.49. The van der Waals surface area contributed by atoms with Gasteiger partial charge in [0.1, 0.15) is 4.75 Å². The molecule has 4 nitrogen and oxygen atoms in total. The first-order chi connectivity index (χ1) is 9.59. The first-order valence-electron chi connectivity index (χ1n) is 6.27. The third kappa shape index (κ3) is 2.64. The van der Waals surface area contributed by atoms with E-state index in [4.69, 9.17) is 0 Å². The van der Waals surface area contributed by atoms with Crippen LogP contribution in [0.5, 0.6) is 0 Å². The van der Waals surface area contributed by atoms with Crippen LogP contribution in [0.4, 0.5) is 18.9 Å². The lowest BCUT2D eigenvalue weighted by Gasteiger charge is -2.23. The van der Waals surface area contributed by atoms with Gasteiger partial charge in [0, 0.05) is 0 Å². The van der Waals surface area contributed by atoms with E-state index in [0.29, 0.717) is 18.9 Å². The van der Waals surface area contributed by atoms with Crippen molar-refractivity contribution < 1.29 is 26.4 Å². The Morgan fingerprint density at radius 1 is 1.19 bits per heavy atom. The number of carbonyl (C=O) groups excluding carboxylic acids is 1. The minimum Gasteiger partial charge on any atom is -0.322 e. The van der Waals surface area contributed by atoms with Gasteiger partial charge in [0.05, 0.1) is 10.9 Å². The van der Waals surface area contributed by atoms with E-state index in [-0.39, 0.29) is 0 Å². The number of sulfone groups is 1. The van der Waals surface area contributed by atoms with Gasteiger partial charge in [-0.25, -0.2) is 21.6 Å². The Morgan fingerprint density at radius 2 is 1.76 bits per heavy atom. The van der Waals surface area contributed by atoms with Crippen molar-refractivity contribution in [2.45, 2.75) is 36.7 Å². The van der Waals surface area contributed by atoms with Crippen LogP contribution in [0.3, 0.4) is 0 Å². The average molecular weight is 321 g/mol. The maximum absolute atomic E-state index is 13.5. The summed E-state index contributed by atoms with van der Waals surface area (Å²) in [7, 11) is -3.72. The fourth-order valence-corrected chi connectivity index (χ4v) is 3.72. The molecule has 1 saturated carbocycles. The lowest BCUT2D eigenvalue weighted by molar-refractivity contribution is -0.117. The van der Waals surface area contributed by atoms with Crippen LogP contribution in [-0.4, -0.2) is 24.3 Å². The Hall–Kier alpha value is -1.57. The first-order valence-corrected chi connectivity index (χ1v) is 7.82. The number of hydrogen-bond donors (Lipinski definition) is 1. The number of amides is 1. The van der Waals surface area contributed by atoms with Crippen molar-refractivity contribution in [3.05, 3.63) is 29.6 Å². The second kappa shape index (κ2) is 5.01. The zero-order valence-electron chi connectivity index (χ0n) is 11.4. The number of benzene rings is 1. The quantitative estimate of drug-likeness (QED) is 0.866. The van der Waals surface area contributed by atoms with E-state index in [0.717, 1.165) is 6.07 Å². The molecule has 1 aromatic rings. The molecule has 1 amide bonds. The number of carbonyl (C=O) groups is 1. The molecule has 1 aliphatic rings. The van der Waals surface area contributed by atoms with Crippen LogP contribution in [-0.2, 0) is 14.6 Å². The highest BCUT2D eigenvalue weighted by Crippen LogP contribution is 2.36. The van der Waals surface area contributed by atoms with Gasteiger partial charge in [-0.1, -0.05) is 0 Å². The molecule has 0 heterocycles. The third-order valence-electron chi connectivity index (χ3n) is 3.50. The molecule has 0 aromatic heterocycles. The molecule has 0 bridgehead atoms. The summed E-state index contributed by atoms with van der Waals surface area (Å²) in [4.78, 5) is 12.1. The van der Waals surface area contributed by atoms with Crippen molar-refractivity contribution in [1.29, 1.82) is 0 Å². The maximum Gasteiger partial charge on any atom is 0.245 e. The second-order valence-electron chi connectivity index (χ2n) is 5.43. The average Bonchev–Trinajstić information content (AvgIpc) is 3.23. The fraction of sp³-hybridized carbons (Fsp3) is 0.462. The Bertz CT molecular complexity index is 697. The minimum absolute atomic E-state index is 0.485. The number of rotatable bonds is 4. The van der Waals surface area contributed by atoms with E-state index in [9.17, 15) is 26.4 Å². The second-order valence-corrected chi connectivity index (χ2v) is 8.21. The molecule has 0 radical (unpaired) electrons. The van der Waals surface area contributed by atoms with Gasteiger partial charge in [-0.15, -0.1) is 0 Å². The highest BCUT2D eigenvalue weighted by Gasteiger charge is 2.50. The molecule has 0 atom stereocenters. The van der Waals surface area contributed by atoms with Gasteiger partial charge in [-0.3, -0.25) is 4.79 Å². The zero-order chi connectivity index (χ0) is 16.0. The van der Waals surface area contributed by atoms with Crippen molar-refractivity contribution in [3.63, 3.8) is 0 Å². The Balaban J connectivity index is 2.28. The normalized spacial score (nSPS) is 15.9. The SMILES string of the molecule is CC(C)(C(=O)Nc1ccc(F)c(F)c1F)S(=O)(=O)C1CC1. The molecule has 0 spiro atoms. The number of anilines is 1. The van der Waals surface area contributed by atoms with Gasteiger partial charge in [-0.2, -0.15) is 0 Å². The van der Waals surface area contributed by atoms with E-state index in [1.54, 1.807) is 0 Å². The van der Waals surface area contributed by atoms with E-state index in [1.807, 2.05) is 5.32 Å². The lowest BCUT2D eigenvalue weighted by Crippen LogP contribution is -2.46. The summed E-state index contributed by atoms with van der Waals surface area (Å²) < 4.78 is 61.9. The summed E-state index contributed by atoms with van der Waals surface area (Å²) >= 11 is 0. The molecule has 8 heteroatoms. The Morgan fingerprint density at radius 3 is 2.29 bits per heavy atom. The Labute approximate surface area is 120 Å². The number of hydrogen-bond acceptors (Lipinski definition) is 3. The molecule has 116 valence electrons. The molecule has 1 N–H and O–H groups in total. The van der Waals surface area contributed by atoms with Crippen LogP contribution < -0.4 is 5.32 Å². The van der Waals surface area contributed by atoms with Crippen molar-refractivity contribution >= 4 is 21.4 Å². The summed E-state index contributed by atoms with van der Waals surface area (Å²) in [5, 5.41) is 1.43. The lowest BCUT2D eigenvalue weighted by atomic mass is 10.2. The van der Waals surface area contributed by atoms with Crippen LogP contribution >= 0.6 is 0 Å². The summed E-state index contributed by atoms with van der Waals surface area (Å²) in [5.74, 6) is -5.67. The van der Waals surface area contributed by atoms with Gasteiger partial charge in [0.2, 0.25) is 5.91 Å². The van der Waals surface area contributed by atoms with Gasteiger partial charge in [0.25, 0.3) is 0 Å². The fourth-order valence-electron chi connectivity index (χ4n) is 1.82. The van der Waals surface area contributed by atoms with Crippen molar-refractivity contribution in [2.24, 2.45) is 0 Å². The zero-order valence-corrected chi connectivity index (χ0v) is 12.2. The van der Waals surface area contributed by atoms with Gasteiger partial charge in [-0.05, 0) is 38.8 Å². The molecular formula is C13H14F3NO3S. The van der Waals surface area contributed by atoms with E-state index < -0.39 is 48.9 Å². The molecule has 21 heavy (non-hydrogen) atoms. The van der Waals surface area contributed by atoms with Crippen LogP contribution in [0.2, 0.25) is 0 Å². The van der Waals surface area contributed by atoms with E-state index >= 15 is 0 Å². The van der Waals surface area contributed by atoms with Crippen LogP contribution in [0.1, 0.15) is 26.7 Å². The van der Waals surface area contributed by atoms with Crippen molar-refractivity contribution in [2.75, 3.05) is 5.32 Å². The summed E-state index contributed by atoms with van der Waals surface area (Å²) in [5.41, 5.74) is -0.599. The molecular weight excluding hydrogens is 307 g/mol. The van der Waals surface area contributed by atoms with Crippen molar-refractivity contribution in [3.8, 4) is 0 Å². The van der Waals surface area contributed by atoms with Gasteiger partial charge >= 0.3 is 0 Å². The van der Waals surface area contributed by atoms with Crippen LogP contribution in [0.25, 0.3) is 0 Å². The molecule has 0 aliphatic heterocycles.